The minimum Gasteiger partial charge on any atom is -0.495 e. The molecule has 148 valence electrons. The van der Waals surface area contributed by atoms with E-state index in [9.17, 15) is 14.4 Å². The van der Waals surface area contributed by atoms with Crippen LogP contribution in [-0.2, 0) is 9.59 Å². The first-order valence-electron chi connectivity index (χ1n) is 8.41. The average Bonchev–Trinajstić information content (AvgIpc) is 2.66. The Kier molecular flexibility index (Phi) is 7.40. The third kappa shape index (κ3) is 5.99. The van der Waals surface area contributed by atoms with Gasteiger partial charge in [-0.05, 0) is 49.4 Å². The molecular formula is C20H21ClN2O5. The average molecular weight is 405 g/mol. The van der Waals surface area contributed by atoms with E-state index >= 15 is 0 Å². The first-order chi connectivity index (χ1) is 13.3. The molecule has 0 heterocycles. The first kappa shape index (κ1) is 21.2. The molecule has 2 amide bonds. The van der Waals surface area contributed by atoms with Crippen molar-refractivity contribution in [2.75, 3.05) is 32.6 Å². The fourth-order valence-corrected chi connectivity index (χ4v) is 2.48. The number of carbonyl (C=O) groups excluding carboxylic acids is 3. The number of rotatable bonds is 8. The number of carbonyl (C=O) groups is 3. The molecule has 0 aromatic heterocycles. The molecule has 0 radical (unpaired) electrons. The maximum absolute atomic E-state index is 12.2. The Balaban J connectivity index is 1.87. The van der Waals surface area contributed by atoms with Crippen molar-refractivity contribution >= 4 is 34.9 Å². The third-order valence-electron chi connectivity index (χ3n) is 3.87. The summed E-state index contributed by atoms with van der Waals surface area (Å²) in [5.74, 6) is 0.0970. The van der Waals surface area contributed by atoms with Crippen molar-refractivity contribution in [2.24, 2.45) is 0 Å². The van der Waals surface area contributed by atoms with E-state index < -0.39 is 5.91 Å². The molecule has 2 rings (SSSR count). The van der Waals surface area contributed by atoms with E-state index in [1.807, 2.05) is 0 Å². The zero-order valence-electron chi connectivity index (χ0n) is 15.8. The van der Waals surface area contributed by atoms with Gasteiger partial charge >= 0.3 is 0 Å². The Morgan fingerprint density at radius 1 is 1.11 bits per heavy atom. The molecule has 7 nitrogen and oxygen atoms in total. The molecule has 0 atom stereocenters. The number of ether oxygens (including phenoxy) is 2. The Morgan fingerprint density at radius 3 is 2.39 bits per heavy atom. The zero-order valence-corrected chi connectivity index (χ0v) is 16.6. The summed E-state index contributed by atoms with van der Waals surface area (Å²) in [7, 11) is 2.98. The maximum atomic E-state index is 12.2. The number of halogens is 1. The lowest BCUT2D eigenvalue weighted by Gasteiger charge is -2.18. The summed E-state index contributed by atoms with van der Waals surface area (Å²) in [5, 5.41) is 3.11. The van der Waals surface area contributed by atoms with Crippen molar-refractivity contribution in [3.8, 4) is 11.5 Å². The van der Waals surface area contributed by atoms with Crippen molar-refractivity contribution in [1.82, 2.24) is 4.90 Å². The lowest BCUT2D eigenvalue weighted by Crippen LogP contribution is -2.37. The van der Waals surface area contributed by atoms with Crippen LogP contribution in [0.25, 0.3) is 0 Å². The highest BCUT2D eigenvalue weighted by atomic mass is 35.5. The van der Waals surface area contributed by atoms with Gasteiger partial charge in [0.15, 0.2) is 12.4 Å². The summed E-state index contributed by atoms with van der Waals surface area (Å²) in [6.45, 7) is 1.07. The summed E-state index contributed by atoms with van der Waals surface area (Å²) in [6, 6.07) is 11.3. The van der Waals surface area contributed by atoms with Crippen LogP contribution in [0.5, 0.6) is 11.5 Å². The van der Waals surface area contributed by atoms with Crippen LogP contribution in [-0.4, -0.2) is 49.8 Å². The Morgan fingerprint density at radius 2 is 1.79 bits per heavy atom. The van der Waals surface area contributed by atoms with Crippen LogP contribution in [0.15, 0.2) is 42.5 Å². The molecular weight excluding hydrogens is 384 g/mol. The minimum atomic E-state index is -0.401. The number of methoxy groups -OCH3 is 1. The number of Topliss-reactive ketones (excluding diaryl/α,β-unsaturated/α-hetero) is 1. The summed E-state index contributed by atoms with van der Waals surface area (Å²) < 4.78 is 10.6. The van der Waals surface area contributed by atoms with Gasteiger partial charge in [0.25, 0.3) is 5.91 Å². The molecule has 8 heteroatoms. The summed E-state index contributed by atoms with van der Waals surface area (Å²) >= 11 is 5.93. The minimum absolute atomic E-state index is 0.0512. The molecule has 0 aliphatic carbocycles. The normalized spacial score (nSPS) is 10.1. The zero-order chi connectivity index (χ0) is 20.7. The Hall–Kier alpha value is -3.06. The van der Waals surface area contributed by atoms with E-state index in [1.54, 1.807) is 42.5 Å². The van der Waals surface area contributed by atoms with Crippen LogP contribution in [0, 0.1) is 0 Å². The number of ketones is 1. The van der Waals surface area contributed by atoms with Crippen molar-refractivity contribution in [1.29, 1.82) is 0 Å². The number of nitrogens with zero attached hydrogens (tertiary/aromatic N) is 1. The van der Waals surface area contributed by atoms with Gasteiger partial charge in [0.1, 0.15) is 11.5 Å². The molecule has 0 bridgehead atoms. The largest absolute Gasteiger partial charge is 0.495 e. The molecule has 0 aliphatic heterocycles. The molecule has 0 saturated heterocycles. The Labute approximate surface area is 168 Å². The topological polar surface area (TPSA) is 84.9 Å². The quantitative estimate of drug-likeness (QED) is 0.683. The molecule has 28 heavy (non-hydrogen) atoms. The van der Waals surface area contributed by atoms with E-state index in [1.165, 1.54) is 26.0 Å². The molecule has 1 N–H and O–H groups in total. The van der Waals surface area contributed by atoms with Gasteiger partial charge in [-0.25, -0.2) is 0 Å². The maximum Gasteiger partial charge on any atom is 0.260 e. The standard InChI is InChI=1S/C20H21ClN2O5/c1-13(24)14-4-7-16(8-5-14)28-12-20(26)23(2)11-19(25)22-17-10-15(21)6-9-18(17)27-3/h4-10H,11-12H2,1-3H3,(H,22,25). The van der Waals surface area contributed by atoms with Gasteiger partial charge in [-0.3, -0.25) is 14.4 Å². The predicted molar refractivity (Wildman–Crippen MR) is 106 cm³/mol. The van der Waals surface area contributed by atoms with Crippen LogP contribution < -0.4 is 14.8 Å². The second kappa shape index (κ2) is 9.75. The summed E-state index contributed by atoms with van der Waals surface area (Å²) in [4.78, 5) is 36.9. The van der Waals surface area contributed by atoms with E-state index in [0.717, 1.165) is 0 Å². The summed E-state index contributed by atoms with van der Waals surface area (Å²) in [6.07, 6.45) is 0. The molecule has 2 aromatic carbocycles. The van der Waals surface area contributed by atoms with Gasteiger partial charge in [-0.15, -0.1) is 0 Å². The SMILES string of the molecule is COc1ccc(Cl)cc1NC(=O)CN(C)C(=O)COc1ccc(C(C)=O)cc1. The van der Waals surface area contributed by atoms with E-state index in [4.69, 9.17) is 21.1 Å². The molecule has 0 unspecified atom stereocenters. The number of nitrogens with one attached hydrogen (secondary N) is 1. The predicted octanol–water partition coefficient (Wildman–Crippen LogP) is 3.03. The fourth-order valence-electron chi connectivity index (χ4n) is 2.31. The highest BCUT2D eigenvalue weighted by Crippen LogP contribution is 2.27. The molecule has 0 aliphatic rings. The smallest absolute Gasteiger partial charge is 0.260 e. The van der Waals surface area contributed by atoms with Crippen molar-refractivity contribution in [3.63, 3.8) is 0 Å². The first-order valence-corrected chi connectivity index (χ1v) is 8.79. The summed E-state index contributed by atoms with van der Waals surface area (Å²) in [5.41, 5.74) is 0.978. The highest BCUT2D eigenvalue weighted by molar-refractivity contribution is 6.31. The molecule has 0 saturated carbocycles. The number of anilines is 1. The fraction of sp³-hybridized carbons (Fsp3) is 0.250. The third-order valence-corrected chi connectivity index (χ3v) is 4.10. The van der Waals surface area contributed by atoms with E-state index in [0.29, 0.717) is 27.8 Å². The van der Waals surface area contributed by atoms with Gasteiger partial charge in [0.2, 0.25) is 5.91 Å². The molecule has 0 spiro atoms. The van der Waals surface area contributed by atoms with Crippen LogP contribution in [0.3, 0.4) is 0 Å². The van der Waals surface area contributed by atoms with Crippen molar-refractivity contribution in [3.05, 3.63) is 53.1 Å². The van der Waals surface area contributed by atoms with Crippen LogP contribution >= 0.6 is 11.6 Å². The molecule has 2 aromatic rings. The van der Waals surface area contributed by atoms with Crippen molar-refractivity contribution in [2.45, 2.75) is 6.92 Å². The van der Waals surface area contributed by atoms with Gasteiger partial charge in [-0.2, -0.15) is 0 Å². The second-order valence-electron chi connectivity index (χ2n) is 6.01. The Bertz CT molecular complexity index is 867. The van der Waals surface area contributed by atoms with Gasteiger partial charge in [0, 0.05) is 17.6 Å². The van der Waals surface area contributed by atoms with Gasteiger partial charge in [0.05, 0.1) is 19.3 Å². The van der Waals surface area contributed by atoms with Gasteiger partial charge < -0.3 is 19.7 Å². The van der Waals surface area contributed by atoms with Crippen LogP contribution in [0.1, 0.15) is 17.3 Å². The second-order valence-corrected chi connectivity index (χ2v) is 6.45. The number of benzene rings is 2. The lowest BCUT2D eigenvalue weighted by molar-refractivity contribution is -0.135. The number of hydrogen-bond donors (Lipinski definition) is 1. The van der Waals surface area contributed by atoms with Crippen molar-refractivity contribution < 1.29 is 23.9 Å². The van der Waals surface area contributed by atoms with E-state index in [-0.39, 0.29) is 24.8 Å². The molecule has 0 fully saturated rings. The number of likely N-dealkylation sites (N-methyl/N-ethyl adjacent to an activating group) is 1. The van der Waals surface area contributed by atoms with E-state index in [2.05, 4.69) is 5.32 Å². The lowest BCUT2D eigenvalue weighted by atomic mass is 10.1. The van der Waals surface area contributed by atoms with Gasteiger partial charge in [-0.1, -0.05) is 11.6 Å². The van der Waals surface area contributed by atoms with Crippen LogP contribution in [0.4, 0.5) is 5.69 Å². The van der Waals surface area contributed by atoms with Crippen LogP contribution in [0.2, 0.25) is 5.02 Å². The monoisotopic (exact) mass is 404 g/mol. The number of amides is 2. The number of hydrogen-bond acceptors (Lipinski definition) is 5. The highest BCUT2D eigenvalue weighted by Gasteiger charge is 2.15.